The number of aryl methyl sites for hydroxylation is 1. The Morgan fingerprint density at radius 1 is 1.26 bits per heavy atom. The van der Waals surface area contributed by atoms with E-state index in [1.165, 1.54) is 54.0 Å². The predicted octanol–water partition coefficient (Wildman–Crippen LogP) is 4.88. The standard InChI is InChI=1S/C20H21N5O4S2/c1-4-13-5-7-14(8-6-13)21-19-23-24-20(31-19)30-12(2)18(26)22-16-11-15(25(27)28)9-10-17(16)29-3/h5-12H,4H2,1-3H3,(H,21,23)(H,22,26). The van der Waals surface area contributed by atoms with Crippen molar-refractivity contribution in [3.63, 3.8) is 0 Å². The minimum absolute atomic E-state index is 0.136. The van der Waals surface area contributed by atoms with Crippen LogP contribution in [0.2, 0.25) is 0 Å². The van der Waals surface area contributed by atoms with Gasteiger partial charge >= 0.3 is 0 Å². The number of aromatic nitrogens is 2. The Kier molecular flexibility index (Phi) is 7.42. The van der Waals surface area contributed by atoms with Crippen LogP contribution in [0.1, 0.15) is 19.4 Å². The second-order valence-corrected chi connectivity index (χ2v) is 9.01. The molecule has 0 fully saturated rings. The fraction of sp³-hybridized carbons (Fsp3) is 0.250. The SMILES string of the molecule is CCc1ccc(Nc2nnc(SC(C)C(=O)Nc3cc([N+](=O)[O-])ccc3OC)s2)cc1. The third-order valence-electron chi connectivity index (χ3n) is 4.32. The van der Waals surface area contributed by atoms with Crippen molar-refractivity contribution in [3.8, 4) is 5.75 Å². The number of nitrogens with zero attached hydrogens (tertiary/aromatic N) is 3. The van der Waals surface area contributed by atoms with Crippen LogP contribution in [-0.2, 0) is 11.2 Å². The van der Waals surface area contributed by atoms with Crippen molar-refractivity contribution in [1.29, 1.82) is 0 Å². The second-order valence-electron chi connectivity index (χ2n) is 6.44. The molecule has 0 saturated heterocycles. The highest BCUT2D eigenvalue weighted by Gasteiger charge is 2.20. The van der Waals surface area contributed by atoms with Gasteiger partial charge < -0.3 is 15.4 Å². The lowest BCUT2D eigenvalue weighted by atomic mass is 10.1. The third kappa shape index (κ3) is 5.92. The van der Waals surface area contributed by atoms with Crippen molar-refractivity contribution in [2.45, 2.75) is 29.9 Å². The Morgan fingerprint density at radius 3 is 2.65 bits per heavy atom. The highest BCUT2D eigenvalue weighted by atomic mass is 32.2. The number of amides is 1. The molecule has 1 aromatic heterocycles. The molecule has 0 aliphatic rings. The molecule has 1 heterocycles. The summed E-state index contributed by atoms with van der Waals surface area (Å²) in [6, 6.07) is 12.1. The first kappa shape index (κ1) is 22.5. The quantitative estimate of drug-likeness (QED) is 0.264. The molecule has 3 rings (SSSR count). The molecule has 0 spiro atoms. The number of benzene rings is 2. The second kappa shape index (κ2) is 10.2. The van der Waals surface area contributed by atoms with Crippen molar-refractivity contribution in [2.75, 3.05) is 17.7 Å². The number of non-ortho nitro benzene ring substituents is 1. The van der Waals surface area contributed by atoms with E-state index < -0.39 is 10.2 Å². The molecule has 2 aromatic carbocycles. The van der Waals surface area contributed by atoms with Gasteiger partial charge in [0.1, 0.15) is 5.75 Å². The molecule has 1 atom stereocenters. The number of rotatable bonds is 9. The van der Waals surface area contributed by atoms with E-state index in [-0.39, 0.29) is 17.3 Å². The van der Waals surface area contributed by atoms with E-state index >= 15 is 0 Å². The minimum atomic E-state index is -0.529. The van der Waals surface area contributed by atoms with E-state index in [1.54, 1.807) is 6.92 Å². The number of nitro groups is 1. The number of ether oxygens (including phenoxy) is 1. The highest BCUT2D eigenvalue weighted by Crippen LogP contribution is 2.33. The minimum Gasteiger partial charge on any atom is -0.495 e. The lowest BCUT2D eigenvalue weighted by Gasteiger charge is -2.13. The number of hydrogen-bond acceptors (Lipinski definition) is 9. The van der Waals surface area contributed by atoms with Gasteiger partial charge in [-0.3, -0.25) is 14.9 Å². The maximum absolute atomic E-state index is 12.6. The fourth-order valence-electron chi connectivity index (χ4n) is 2.60. The summed E-state index contributed by atoms with van der Waals surface area (Å²) < 4.78 is 5.81. The molecule has 0 saturated carbocycles. The largest absolute Gasteiger partial charge is 0.495 e. The number of carbonyl (C=O) groups excluding carboxylic acids is 1. The van der Waals surface area contributed by atoms with Crippen LogP contribution in [-0.4, -0.2) is 33.4 Å². The number of methoxy groups -OCH3 is 1. The molecule has 2 N–H and O–H groups in total. The number of carbonyl (C=O) groups is 1. The van der Waals surface area contributed by atoms with Gasteiger partial charge in [-0.25, -0.2) is 0 Å². The fourth-order valence-corrected chi connectivity index (χ4v) is 4.52. The molecule has 11 heteroatoms. The zero-order chi connectivity index (χ0) is 22.4. The van der Waals surface area contributed by atoms with Gasteiger partial charge in [0.25, 0.3) is 5.69 Å². The Morgan fingerprint density at radius 2 is 2.00 bits per heavy atom. The van der Waals surface area contributed by atoms with Gasteiger partial charge in [0.2, 0.25) is 11.0 Å². The highest BCUT2D eigenvalue weighted by molar-refractivity contribution is 8.02. The van der Waals surface area contributed by atoms with E-state index in [4.69, 9.17) is 4.74 Å². The summed E-state index contributed by atoms with van der Waals surface area (Å²) >= 11 is 2.59. The number of anilines is 3. The van der Waals surface area contributed by atoms with Crippen LogP contribution in [0.15, 0.2) is 46.8 Å². The summed E-state index contributed by atoms with van der Waals surface area (Å²) in [5, 5.41) is 25.3. The molecule has 9 nitrogen and oxygen atoms in total. The molecule has 0 aliphatic heterocycles. The molecular formula is C20H21N5O4S2. The monoisotopic (exact) mass is 459 g/mol. The van der Waals surface area contributed by atoms with Crippen LogP contribution in [0, 0.1) is 10.1 Å². The first-order valence-corrected chi connectivity index (χ1v) is 11.1. The maximum Gasteiger partial charge on any atom is 0.271 e. The van der Waals surface area contributed by atoms with Gasteiger partial charge in [0, 0.05) is 17.8 Å². The maximum atomic E-state index is 12.6. The van der Waals surface area contributed by atoms with Gasteiger partial charge in [-0.05, 0) is 37.1 Å². The topological polar surface area (TPSA) is 119 Å². The summed E-state index contributed by atoms with van der Waals surface area (Å²) in [7, 11) is 1.43. The number of nitrogens with one attached hydrogen (secondary N) is 2. The molecule has 3 aromatic rings. The Hall–Kier alpha value is -3.18. The number of nitro benzene ring substituents is 1. The average molecular weight is 460 g/mol. The lowest BCUT2D eigenvalue weighted by molar-refractivity contribution is -0.384. The van der Waals surface area contributed by atoms with Crippen molar-refractivity contribution >= 4 is 51.2 Å². The summed E-state index contributed by atoms with van der Waals surface area (Å²) in [6.45, 7) is 3.82. The van der Waals surface area contributed by atoms with Crippen LogP contribution >= 0.6 is 23.1 Å². The van der Waals surface area contributed by atoms with E-state index in [9.17, 15) is 14.9 Å². The van der Waals surface area contributed by atoms with Crippen LogP contribution in [0.4, 0.5) is 22.2 Å². The average Bonchev–Trinajstić information content (AvgIpc) is 3.20. The van der Waals surface area contributed by atoms with E-state index in [1.807, 2.05) is 24.3 Å². The van der Waals surface area contributed by atoms with Crippen LogP contribution in [0.25, 0.3) is 0 Å². The van der Waals surface area contributed by atoms with Gasteiger partial charge in [0.15, 0.2) is 4.34 Å². The molecule has 0 aliphatic carbocycles. The Labute approximate surface area is 187 Å². The van der Waals surface area contributed by atoms with Gasteiger partial charge in [-0.1, -0.05) is 42.2 Å². The Bertz CT molecular complexity index is 1070. The van der Waals surface area contributed by atoms with Crippen molar-refractivity contribution in [3.05, 3.63) is 58.1 Å². The van der Waals surface area contributed by atoms with E-state index in [2.05, 4.69) is 27.8 Å². The van der Waals surface area contributed by atoms with Crippen molar-refractivity contribution < 1.29 is 14.5 Å². The molecule has 31 heavy (non-hydrogen) atoms. The molecule has 0 radical (unpaired) electrons. The summed E-state index contributed by atoms with van der Waals surface area (Å²) in [6.07, 6.45) is 0.974. The predicted molar refractivity (Wildman–Crippen MR) is 123 cm³/mol. The zero-order valence-corrected chi connectivity index (χ0v) is 18.8. The summed E-state index contributed by atoms with van der Waals surface area (Å²) in [5.74, 6) is 0.0105. The smallest absolute Gasteiger partial charge is 0.271 e. The van der Waals surface area contributed by atoms with E-state index in [0.717, 1.165) is 12.1 Å². The summed E-state index contributed by atoms with van der Waals surface area (Å²) in [4.78, 5) is 23.1. The molecule has 1 amide bonds. The molecule has 162 valence electrons. The van der Waals surface area contributed by atoms with Crippen LogP contribution < -0.4 is 15.4 Å². The summed E-state index contributed by atoms with van der Waals surface area (Å²) in [5.41, 5.74) is 2.26. The van der Waals surface area contributed by atoms with Crippen LogP contribution in [0.5, 0.6) is 5.75 Å². The molecular weight excluding hydrogens is 438 g/mol. The van der Waals surface area contributed by atoms with Gasteiger partial charge in [0.05, 0.1) is 23.0 Å². The number of thioether (sulfide) groups is 1. The van der Waals surface area contributed by atoms with Crippen molar-refractivity contribution in [2.24, 2.45) is 0 Å². The molecule has 1 unspecified atom stereocenters. The molecule has 0 bridgehead atoms. The van der Waals surface area contributed by atoms with Gasteiger partial charge in [-0.2, -0.15) is 0 Å². The Balaban J connectivity index is 1.62. The lowest BCUT2D eigenvalue weighted by Crippen LogP contribution is -2.22. The van der Waals surface area contributed by atoms with Gasteiger partial charge in [-0.15, -0.1) is 10.2 Å². The van der Waals surface area contributed by atoms with Crippen LogP contribution in [0.3, 0.4) is 0 Å². The first-order chi connectivity index (χ1) is 14.9. The normalized spacial score (nSPS) is 11.6. The van der Waals surface area contributed by atoms with Crippen molar-refractivity contribution in [1.82, 2.24) is 10.2 Å². The number of hydrogen-bond donors (Lipinski definition) is 2. The first-order valence-electron chi connectivity index (χ1n) is 9.39. The third-order valence-corrected chi connectivity index (χ3v) is 6.34. The zero-order valence-electron chi connectivity index (χ0n) is 17.1. The van der Waals surface area contributed by atoms with E-state index in [0.29, 0.717) is 15.2 Å².